The Morgan fingerprint density at radius 2 is 1.77 bits per heavy atom. The minimum atomic E-state index is -1.81. The van der Waals surface area contributed by atoms with Crippen LogP contribution in [0, 0.1) is 0 Å². The third kappa shape index (κ3) is 5.01. The summed E-state index contributed by atoms with van der Waals surface area (Å²) >= 11 is 5.58. The third-order valence-electron chi connectivity index (χ3n) is 2.34. The second-order valence-electron chi connectivity index (χ2n) is 3.07. The van der Waals surface area contributed by atoms with Gasteiger partial charge < -0.3 is 8.85 Å². The van der Waals surface area contributed by atoms with Gasteiger partial charge in [-0.3, -0.25) is 0 Å². The van der Waals surface area contributed by atoms with Crippen molar-refractivity contribution in [2.45, 2.75) is 38.8 Å². The lowest BCUT2D eigenvalue weighted by Crippen LogP contribution is -2.39. The van der Waals surface area contributed by atoms with Crippen LogP contribution in [0.15, 0.2) is 0 Å². The topological polar surface area (TPSA) is 18.5 Å². The quantitative estimate of drug-likeness (QED) is 0.358. The molecule has 0 aliphatic heterocycles. The maximum Gasteiger partial charge on any atom is 0.337 e. The summed E-state index contributed by atoms with van der Waals surface area (Å²) in [6.07, 6.45) is 2.07. The molecule has 0 aliphatic rings. The zero-order chi connectivity index (χ0) is 10.2. The Morgan fingerprint density at radius 1 is 1.15 bits per heavy atom. The van der Waals surface area contributed by atoms with Crippen molar-refractivity contribution < 1.29 is 8.85 Å². The number of hydrogen-bond acceptors (Lipinski definition) is 2. The van der Waals surface area contributed by atoms with Gasteiger partial charge in [-0.25, -0.2) is 0 Å². The monoisotopic (exact) mass is 224 g/mol. The molecule has 80 valence electrons. The molecule has 0 spiro atoms. The van der Waals surface area contributed by atoms with E-state index >= 15 is 0 Å². The van der Waals surface area contributed by atoms with Crippen molar-refractivity contribution in [3.63, 3.8) is 0 Å². The van der Waals surface area contributed by atoms with Gasteiger partial charge in [0.25, 0.3) is 0 Å². The van der Waals surface area contributed by atoms with E-state index in [9.17, 15) is 0 Å². The molecule has 0 aromatic heterocycles. The van der Waals surface area contributed by atoms with E-state index in [-0.39, 0.29) is 0 Å². The van der Waals surface area contributed by atoms with Gasteiger partial charge in [0.15, 0.2) is 0 Å². The number of halogens is 1. The second-order valence-corrected chi connectivity index (χ2v) is 7.38. The SMILES string of the molecule is CC[Si](CC)(OC)OCCCCCl. The molecule has 13 heavy (non-hydrogen) atoms. The summed E-state index contributed by atoms with van der Waals surface area (Å²) in [7, 11) is -0.0458. The zero-order valence-electron chi connectivity index (χ0n) is 8.94. The maximum absolute atomic E-state index is 5.84. The average Bonchev–Trinajstić information content (AvgIpc) is 2.20. The number of hydrogen-bond donors (Lipinski definition) is 0. The van der Waals surface area contributed by atoms with E-state index in [1.54, 1.807) is 7.11 Å². The van der Waals surface area contributed by atoms with Crippen molar-refractivity contribution in [3.05, 3.63) is 0 Å². The van der Waals surface area contributed by atoms with Crippen molar-refractivity contribution in [2.24, 2.45) is 0 Å². The van der Waals surface area contributed by atoms with Crippen LogP contribution in [0.1, 0.15) is 26.7 Å². The molecule has 0 unspecified atom stereocenters. The van der Waals surface area contributed by atoms with Crippen molar-refractivity contribution in [1.29, 1.82) is 0 Å². The number of alkyl halides is 1. The van der Waals surface area contributed by atoms with E-state index in [4.69, 9.17) is 20.5 Å². The van der Waals surface area contributed by atoms with Crippen molar-refractivity contribution in [1.82, 2.24) is 0 Å². The third-order valence-corrected chi connectivity index (χ3v) is 6.24. The summed E-state index contributed by atoms with van der Waals surface area (Å²) in [5.74, 6) is 0.725. The molecule has 2 nitrogen and oxygen atoms in total. The first-order valence-corrected chi connectivity index (χ1v) is 7.76. The highest BCUT2D eigenvalue weighted by molar-refractivity contribution is 6.67. The predicted molar refractivity (Wildman–Crippen MR) is 59.6 cm³/mol. The largest absolute Gasteiger partial charge is 0.398 e. The van der Waals surface area contributed by atoms with E-state index in [1.807, 2.05) is 0 Å². The molecule has 0 aromatic rings. The Morgan fingerprint density at radius 3 is 2.15 bits per heavy atom. The fourth-order valence-corrected chi connectivity index (χ4v) is 3.57. The molecule has 0 saturated carbocycles. The number of rotatable bonds is 8. The van der Waals surface area contributed by atoms with Crippen molar-refractivity contribution >= 4 is 20.2 Å². The second kappa shape index (κ2) is 7.80. The van der Waals surface area contributed by atoms with Crippen LogP contribution in [-0.2, 0) is 8.85 Å². The fraction of sp³-hybridized carbons (Fsp3) is 1.00. The molecule has 0 atom stereocenters. The highest BCUT2D eigenvalue weighted by Gasteiger charge is 2.31. The molecule has 0 aromatic carbocycles. The first-order valence-electron chi connectivity index (χ1n) is 4.99. The van der Waals surface area contributed by atoms with Gasteiger partial charge in [-0.05, 0) is 24.9 Å². The molecule has 0 fully saturated rings. The van der Waals surface area contributed by atoms with Crippen LogP contribution in [0.25, 0.3) is 0 Å². The van der Waals surface area contributed by atoms with Gasteiger partial charge in [-0.2, -0.15) is 0 Å². The Kier molecular flexibility index (Phi) is 8.05. The lowest BCUT2D eigenvalue weighted by atomic mass is 10.4. The molecule has 0 amide bonds. The lowest BCUT2D eigenvalue weighted by molar-refractivity contribution is 0.197. The summed E-state index contributed by atoms with van der Waals surface area (Å²) in [6, 6.07) is 2.06. The zero-order valence-corrected chi connectivity index (χ0v) is 10.7. The van der Waals surface area contributed by atoms with E-state index < -0.39 is 8.56 Å². The van der Waals surface area contributed by atoms with Crippen LogP contribution in [0.4, 0.5) is 0 Å². The smallest absolute Gasteiger partial charge is 0.337 e. The van der Waals surface area contributed by atoms with E-state index in [1.165, 1.54) is 0 Å². The van der Waals surface area contributed by atoms with Crippen LogP contribution in [0.3, 0.4) is 0 Å². The molecule has 0 heterocycles. The minimum Gasteiger partial charge on any atom is -0.398 e. The summed E-state index contributed by atoms with van der Waals surface area (Å²) in [5.41, 5.74) is 0. The lowest BCUT2D eigenvalue weighted by Gasteiger charge is -2.26. The van der Waals surface area contributed by atoms with Gasteiger partial charge in [0.05, 0.1) is 0 Å². The summed E-state index contributed by atoms with van der Waals surface area (Å²) in [4.78, 5) is 0. The molecule has 0 N–H and O–H groups in total. The molecule has 4 heteroatoms. The van der Waals surface area contributed by atoms with Crippen LogP contribution in [0.2, 0.25) is 12.1 Å². The van der Waals surface area contributed by atoms with Gasteiger partial charge in [0, 0.05) is 19.6 Å². The van der Waals surface area contributed by atoms with Crippen LogP contribution >= 0.6 is 11.6 Å². The normalized spacial score (nSPS) is 12.0. The average molecular weight is 225 g/mol. The molecular weight excluding hydrogens is 204 g/mol. The highest BCUT2D eigenvalue weighted by atomic mass is 35.5. The molecule has 0 rings (SSSR count). The Bertz CT molecular complexity index is 110. The fourth-order valence-electron chi connectivity index (χ4n) is 1.26. The Hall–Kier alpha value is 0.427. The van der Waals surface area contributed by atoms with Gasteiger partial charge in [-0.1, -0.05) is 13.8 Å². The molecule has 0 bridgehead atoms. The summed E-state index contributed by atoms with van der Waals surface area (Å²) in [6.45, 7) is 5.08. The minimum absolute atomic E-state index is 0.725. The molecule has 0 aliphatic carbocycles. The Labute approximate surface area is 87.8 Å². The molecular formula is C9H21ClO2Si. The van der Waals surface area contributed by atoms with Gasteiger partial charge in [0.2, 0.25) is 0 Å². The molecule has 0 saturated heterocycles. The standard InChI is InChI=1S/C9H21ClO2Si/c1-4-13(5-2,11-3)12-9-7-6-8-10/h4-9H2,1-3H3. The summed E-state index contributed by atoms with van der Waals surface area (Å²) < 4.78 is 11.3. The maximum atomic E-state index is 5.84. The van der Waals surface area contributed by atoms with Gasteiger partial charge >= 0.3 is 8.56 Å². The van der Waals surface area contributed by atoms with E-state index in [0.717, 1.165) is 37.4 Å². The first kappa shape index (κ1) is 13.4. The van der Waals surface area contributed by atoms with Crippen molar-refractivity contribution in [2.75, 3.05) is 19.6 Å². The predicted octanol–water partition coefficient (Wildman–Crippen LogP) is 3.15. The van der Waals surface area contributed by atoms with Gasteiger partial charge in [-0.15, -0.1) is 11.6 Å². The highest BCUT2D eigenvalue weighted by Crippen LogP contribution is 2.17. The van der Waals surface area contributed by atoms with Crippen molar-refractivity contribution in [3.8, 4) is 0 Å². The first-order chi connectivity index (χ1) is 6.24. The van der Waals surface area contributed by atoms with Crippen LogP contribution in [-0.4, -0.2) is 28.2 Å². The van der Waals surface area contributed by atoms with Crippen LogP contribution < -0.4 is 0 Å². The Balaban J connectivity index is 3.68. The molecule has 0 radical (unpaired) electrons. The van der Waals surface area contributed by atoms with Crippen LogP contribution in [0.5, 0.6) is 0 Å². The number of unbranched alkanes of at least 4 members (excludes halogenated alkanes) is 1. The van der Waals surface area contributed by atoms with E-state index in [0.29, 0.717) is 0 Å². The van der Waals surface area contributed by atoms with Gasteiger partial charge in [0.1, 0.15) is 0 Å². The van der Waals surface area contributed by atoms with E-state index in [2.05, 4.69) is 13.8 Å². The summed E-state index contributed by atoms with van der Waals surface area (Å²) in [5, 5.41) is 0.